The van der Waals surface area contributed by atoms with E-state index in [1.165, 1.54) is 12.8 Å². The van der Waals surface area contributed by atoms with Gasteiger partial charge in [0, 0.05) is 0 Å². The number of allylic oxidation sites excluding steroid dienone is 1. The molecule has 0 fully saturated rings. The highest BCUT2D eigenvalue weighted by Crippen LogP contribution is 2.29. The quantitative estimate of drug-likeness (QED) is 0.439. The van der Waals surface area contributed by atoms with Crippen LogP contribution in [-0.4, -0.2) is 6.29 Å². The molecule has 0 atom stereocenters. The van der Waals surface area contributed by atoms with Crippen molar-refractivity contribution in [1.82, 2.24) is 0 Å². The van der Waals surface area contributed by atoms with Crippen LogP contribution in [0.2, 0.25) is 0 Å². The summed E-state index contributed by atoms with van der Waals surface area (Å²) >= 11 is 0. The summed E-state index contributed by atoms with van der Waals surface area (Å²) in [6, 6.07) is 0. The number of hydrogen-bond donors (Lipinski definition) is 0. The summed E-state index contributed by atoms with van der Waals surface area (Å²) < 4.78 is 0. The van der Waals surface area contributed by atoms with Crippen molar-refractivity contribution in [3.63, 3.8) is 0 Å². The molecular weight excluding hydrogens is 136 g/mol. The van der Waals surface area contributed by atoms with E-state index < -0.39 is 0 Å². The molecule has 0 radical (unpaired) electrons. The van der Waals surface area contributed by atoms with E-state index in [-0.39, 0.29) is 5.41 Å². The fraction of sp³-hybridized carbons (Fsp3) is 0.700. The van der Waals surface area contributed by atoms with Crippen LogP contribution in [0.5, 0.6) is 0 Å². The highest BCUT2D eigenvalue weighted by molar-refractivity contribution is 5.73. The minimum atomic E-state index is -0.00222. The predicted octanol–water partition coefficient (Wildman–Crippen LogP) is 2.96. The van der Waals surface area contributed by atoms with Crippen LogP contribution in [0.15, 0.2) is 12.2 Å². The third-order valence-electron chi connectivity index (χ3n) is 2.17. The summed E-state index contributed by atoms with van der Waals surface area (Å²) in [5.41, 5.74) is 0.712. The molecule has 0 aliphatic heterocycles. The largest absolute Gasteiger partial charge is 0.298 e. The van der Waals surface area contributed by atoms with Gasteiger partial charge in [0.25, 0.3) is 0 Å². The minimum absolute atomic E-state index is 0.00222. The Bertz CT molecular complexity index is 145. The van der Waals surface area contributed by atoms with Gasteiger partial charge in [-0.15, -0.1) is 0 Å². The first kappa shape index (κ1) is 10.4. The van der Waals surface area contributed by atoms with E-state index in [0.717, 1.165) is 12.7 Å². The third kappa shape index (κ3) is 3.35. The molecule has 11 heavy (non-hydrogen) atoms. The molecular formula is C10H18O. The molecule has 0 spiro atoms. The normalized spacial score (nSPS) is 11.2. The Morgan fingerprint density at radius 2 is 2.09 bits per heavy atom. The third-order valence-corrected chi connectivity index (χ3v) is 2.17. The zero-order chi connectivity index (χ0) is 8.91. The Kier molecular flexibility index (Phi) is 4.09. The molecule has 0 saturated carbocycles. The van der Waals surface area contributed by atoms with Crippen LogP contribution in [-0.2, 0) is 4.79 Å². The number of carbonyl (C=O) groups is 1. The molecule has 0 rings (SSSR count). The molecule has 1 nitrogen and oxygen atoms in total. The Labute approximate surface area is 69.5 Å². The number of aldehydes is 1. The van der Waals surface area contributed by atoms with Crippen LogP contribution in [0.25, 0.3) is 0 Å². The Morgan fingerprint density at radius 1 is 1.55 bits per heavy atom. The van der Waals surface area contributed by atoms with Crippen molar-refractivity contribution in [2.24, 2.45) is 5.41 Å². The monoisotopic (exact) mass is 154 g/mol. The average molecular weight is 154 g/mol. The smallest absolute Gasteiger partial charge is 0.145 e. The topological polar surface area (TPSA) is 17.1 Å². The van der Waals surface area contributed by atoms with Crippen LogP contribution in [0.4, 0.5) is 0 Å². The molecule has 64 valence electrons. The molecule has 0 saturated heterocycles. The lowest BCUT2D eigenvalue weighted by Gasteiger charge is -2.23. The fourth-order valence-electron chi connectivity index (χ4n) is 0.939. The molecule has 0 aliphatic carbocycles. The maximum atomic E-state index is 10.4. The molecule has 0 aromatic carbocycles. The van der Waals surface area contributed by atoms with Crippen molar-refractivity contribution >= 4 is 6.29 Å². The number of hydrogen-bond acceptors (Lipinski definition) is 1. The van der Waals surface area contributed by atoms with Gasteiger partial charge in [0.1, 0.15) is 6.29 Å². The van der Waals surface area contributed by atoms with Gasteiger partial charge in [0.2, 0.25) is 0 Å². The minimum Gasteiger partial charge on any atom is -0.298 e. The van der Waals surface area contributed by atoms with Gasteiger partial charge in [-0.2, -0.15) is 0 Å². The summed E-state index contributed by atoms with van der Waals surface area (Å²) in [7, 11) is 0. The number of rotatable bonds is 5. The maximum Gasteiger partial charge on any atom is 0.145 e. The Morgan fingerprint density at radius 3 is 2.45 bits per heavy atom. The Balaban J connectivity index is 3.98. The van der Waals surface area contributed by atoms with Crippen molar-refractivity contribution in [2.45, 2.75) is 40.0 Å². The number of carbonyl (C=O) groups excluding carboxylic acids is 1. The second-order valence-electron chi connectivity index (χ2n) is 3.63. The lowest BCUT2D eigenvalue weighted by atomic mass is 9.81. The fourth-order valence-corrected chi connectivity index (χ4v) is 0.939. The van der Waals surface area contributed by atoms with Gasteiger partial charge in [-0.1, -0.05) is 40.2 Å². The zero-order valence-corrected chi connectivity index (χ0v) is 7.81. The van der Waals surface area contributed by atoms with Crippen LogP contribution in [0, 0.1) is 5.41 Å². The lowest BCUT2D eigenvalue weighted by molar-refractivity contribution is -0.105. The second kappa shape index (κ2) is 4.32. The van der Waals surface area contributed by atoms with Gasteiger partial charge in [-0.25, -0.2) is 0 Å². The maximum absolute atomic E-state index is 10.4. The van der Waals surface area contributed by atoms with E-state index in [1.54, 1.807) is 0 Å². The van der Waals surface area contributed by atoms with E-state index >= 15 is 0 Å². The predicted molar refractivity (Wildman–Crippen MR) is 48.5 cm³/mol. The molecule has 0 bridgehead atoms. The van der Waals surface area contributed by atoms with Crippen molar-refractivity contribution < 1.29 is 4.79 Å². The second-order valence-corrected chi connectivity index (χ2v) is 3.63. The molecule has 0 heterocycles. The van der Waals surface area contributed by atoms with Gasteiger partial charge in [-0.05, 0) is 17.4 Å². The Hall–Kier alpha value is -0.590. The van der Waals surface area contributed by atoms with Gasteiger partial charge in [0.05, 0.1) is 0 Å². The zero-order valence-electron chi connectivity index (χ0n) is 7.81. The molecule has 0 N–H and O–H groups in total. The van der Waals surface area contributed by atoms with E-state index in [4.69, 9.17) is 0 Å². The molecule has 0 amide bonds. The number of unbranched alkanes of at least 4 members (excludes halogenated alkanes) is 1. The van der Waals surface area contributed by atoms with E-state index in [1.807, 2.05) is 0 Å². The highest BCUT2D eigenvalue weighted by atomic mass is 16.1. The first-order valence-corrected chi connectivity index (χ1v) is 4.19. The summed E-state index contributed by atoms with van der Waals surface area (Å²) in [5, 5.41) is 0. The first-order chi connectivity index (χ1) is 5.04. The van der Waals surface area contributed by atoms with E-state index in [0.29, 0.717) is 5.57 Å². The van der Waals surface area contributed by atoms with Crippen LogP contribution in [0.1, 0.15) is 40.0 Å². The first-order valence-electron chi connectivity index (χ1n) is 4.19. The summed E-state index contributed by atoms with van der Waals surface area (Å²) in [6.45, 7) is 10.0. The van der Waals surface area contributed by atoms with Gasteiger partial charge in [0.15, 0.2) is 0 Å². The molecule has 1 heteroatoms. The summed E-state index contributed by atoms with van der Waals surface area (Å²) in [4.78, 5) is 10.4. The molecule has 0 unspecified atom stereocenters. The summed E-state index contributed by atoms with van der Waals surface area (Å²) in [6.07, 6.45) is 4.27. The SMILES string of the molecule is C=C(C=O)C(C)(C)CCCC. The molecule has 0 aromatic heterocycles. The average Bonchev–Trinajstić information content (AvgIpc) is 1.99. The van der Waals surface area contributed by atoms with Crippen molar-refractivity contribution in [3.05, 3.63) is 12.2 Å². The van der Waals surface area contributed by atoms with Crippen LogP contribution >= 0.6 is 0 Å². The van der Waals surface area contributed by atoms with Crippen LogP contribution in [0.3, 0.4) is 0 Å². The van der Waals surface area contributed by atoms with Crippen molar-refractivity contribution in [2.75, 3.05) is 0 Å². The van der Waals surface area contributed by atoms with Gasteiger partial charge >= 0.3 is 0 Å². The van der Waals surface area contributed by atoms with E-state index in [2.05, 4.69) is 27.4 Å². The lowest BCUT2D eigenvalue weighted by Crippen LogP contribution is -2.14. The van der Waals surface area contributed by atoms with Gasteiger partial charge in [-0.3, -0.25) is 4.79 Å². The van der Waals surface area contributed by atoms with Crippen molar-refractivity contribution in [3.8, 4) is 0 Å². The molecule has 0 aromatic rings. The highest BCUT2D eigenvalue weighted by Gasteiger charge is 2.19. The van der Waals surface area contributed by atoms with Gasteiger partial charge < -0.3 is 0 Å². The van der Waals surface area contributed by atoms with E-state index in [9.17, 15) is 4.79 Å². The van der Waals surface area contributed by atoms with Crippen molar-refractivity contribution in [1.29, 1.82) is 0 Å². The summed E-state index contributed by atoms with van der Waals surface area (Å²) in [5.74, 6) is 0. The van der Waals surface area contributed by atoms with Crippen LogP contribution < -0.4 is 0 Å². The molecule has 0 aliphatic rings. The standard InChI is InChI=1S/C10H18O/c1-5-6-7-10(3,4)9(2)8-11/h8H,2,5-7H2,1,3-4H3.